The van der Waals surface area contributed by atoms with E-state index in [4.69, 9.17) is 5.11 Å². The van der Waals surface area contributed by atoms with Gasteiger partial charge in [-0.05, 0) is 12.5 Å². The summed E-state index contributed by atoms with van der Waals surface area (Å²) in [4.78, 5) is 10.8. The lowest BCUT2D eigenvalue weighted by atomic mass is 10.3. The van der Waals surface area contributed by atoms with Crippen molar-refractivity contribution < 1.29 is 18.3 Å². The van der Waals surface area contributed by atoms with Gasteiger partial charge in [-0.1, -0.05) is 6.92 Å². The van der Waals surface area contributed by atoms with Gasteiger partial charge in [0.1, 0.15) is 4.21 Å². The summed E-state index contributed by atoms with van der Waals surface area (Å²) in [6.45, 7) is 1.87. The van der Waals surface area contributed by atoms with Crippen LogP contribution in [-0.4, -0.2) is 29.3 Å². The van der Waals surface area contributed by atoms with Crippen LogP contribution in [0.25, 0.3) is 0 Å². The zero-order valence-corrected chi connectivity index (χ0v) is 12.5. The number of thiophene rings is 1. The van der Waals surface area contributed by atoms with Gasteiger partial charge < -0.3 is 5.11 Å². The fraction of sp³-hybridized carbons (Fsp3) is 0.273. The van der Waals surface area contributed by atoms with Gasteiger partial charge in [0, 0.05) is 18.6 Å². The topological polar surface area (TPSA) is 101 Å². The number of aromatic nitrogens is 2. The normalized spacial score (nSPS) is 11.5. The molecule has 0 atom stereocenters. The van der Waals surface area contributed by atoms with Crippen LogP contribution in [0.1, 0.15) is 23.0 Å². The molecule has 2 rings (SSSR count). The molecule has 0 aromatic carbocycles. The van der Waals surface area contributed by atoms with Gasteiger partial charge in [0.2, 0.25) is 0 Å². The third-order valence-electron chi connectivity index (χ3n) is 2.57. The van der Waals surface area contributed by atoms with Crippen LogP contribution in [-0.2, 0) is 23.5 Å². The van der Waals surface area contributed by atoms with Crippen molar-refractivity contribution in [3.8, 4) is 0 Å². The molecule has 2 N–H and O–H groups in total. The minimum Gasteiger partial charge on any atom is -0.478 e. The Morgan fingerprint density at radius 3 is 2.80 bits per heavy atom. The van der Waals surface area contributed by atoms with Crippen LogP contribution in [0.4, 0.5) is 5.69 Å². The second-order valence-electron chi connectivity index (χ2n) is 4.08. The van der Waals surface area contributed by atoms with E-state index in [1.165, 1.54) is 10.1 Å². The first-order valence-electron chi connectivity index (χ1n) is 5.70. The molecule has 0 saturated heterocycles. The van der Waals surface area contributed by atoms with Crippen LogP contribution in [0, 0.1) is 0 Å². The van der Waals surface area contributed by atoms with Gasteiger partial charge in [-0.3, -0.25) is 9.40 Å². The van der Waals surface area contributed by atoms with E-state index < -0.39 is 16.0 Å². The van der Waals surface area contributed by atoms with E-state index in [1.807, 2.05) is 6.92 Å². The fourth-order valence-corrected chi connectivity index (χ4v) is 3.87. The number of rotatable bonds is 5. The molecule has 108 valence electrons. The molecule has 0 unspecified atom stereocenters. The molecule has 0 fully saturated rings. The lowest BCUT2D eigenvalue weighted by Crippen LogP contribution is -2.12. The van der Waals surface area contributed by atoms with Crippen LogP contribution in [0.2, 0.25) is 0 Å². The molecule has 0 spiro atoms. The first-order valence-corrected chi connectivity index (χ1v) is 8.07. The number of carboxylic acid groups (broad SMARTS) is 1. The highest BCUT2D eigenvalue weighted by Gasteiger charge is 2.21. The monoisotopic (exact) mass is 315 g/mol. The molecule has 2 aromatic rings. The smallest absolute Gasteiger partial charge is 0.336 e. The molecule has 0 saturated carbocycles. The number of nitrogens with one attached hydrogen (secondary N) is 1. The van der Waals surface area contributed by atoms with E-state index in [0.29, 0.717) is 17.8 Å². The summed E-state index contributed by atoms with van der Waals surface area (Å²) < 4.78 is 28.3. The van der Waals surface area contributed by atoms with E-state index in [0.717, 1.165) is 17.4 Å². The average molecular weight is 315 g/mol. The number of hydrogen-bond acceptors (Lipinski definition) is 5. The summed E-state index contributed by atoms with van der Waals surface area (Å²) in [6, 6.07) is 1.14. The minimum absolute atomic E-state index is 0.0409. The predicted molar refractivity (Wildman–Crippen MR) is 74.7 cm³/mol. The van der Waals surface area contributed by atoms with E-state index in [2.05, 4.69) is 9.82 Å². The van der Waals surface area contributed by atoms with Gasteiger partial charge in [0.25, 0.3) is 10.0 Å². The lowest BCUT2D eigenvalue weighted by molar-refractivity contribution is 0.0697. The van der Waals surface area contributed by atoms with Crippen molar-refractivity contribution in [3.63, 3.8) is 0 Å². The largest absolute Gasteiger partial charge is 0.478 e. The lowest BCUT2D eigenvalue weighted by Gasteiger charge is -2.04. The zero-order valence-electron chi connectivity index (χ0n) is 10.8. The number of hydrogen-bond donors (Lipinski definition) is 2. The molecule has 0 aliphatic heterocycles. The van der Waals surface area contributed by atoms with Crippen molar-refractivity contribution in [2.75, 3.05) is 4.72 Å². The second-order valence-corrected chi connectivity index (χ2v) is 6.90. The Balaban J connectivity index is 2.32. The molecule has 20 heavy (non-hydrogen) atoms. The van der Waals surface area contributed by atoms with E-state index >= 15 is 0 Å². The highest BCUT2D eigenvalue weighted by atomic mass is 32.2. The molecule has 0 bridgehead atoms. The Labute approximate surface area is 119 Å². The number of nitrogens with zero attached hydrogens (tertiary/aromatic N) is 2. The Morgan fingerprint density at radius 1 is 1.55 bits per heavy atom. The highest BCUT2D eigenvalue weighted by molar-refractivity contribution is 7.94. The molecule has 0 radical (unpaired) electrons. The number of carbonyl (C=O) groups is 1. The van der Waals surface area contributed by atoms with E-state index in [1.54, 1.807) is 13.2 Å². The predicted octanol–water partition coefficient (Wildman–Crippen LogP) is 1.54. The van der Waals surface area contributed by atoms with Gasteiger partial charge in [-0.15, -0.1) is 11.3 Å². The molecule has 0 amide bonds. The summed E-state index contributed by atoms with van der Waals surface area (Å²) in [5.74, 6) is -1.15. The van der Waals surface area contributed by atoms with Gasteiger partial charge in [-0.25, -0.2) is 13.2 Å². The number of anilines is 1. The van der Waals surface area contributed by atoms with Crippen molar-refractivity contribution in [2.45, 2.75) is 17.6 Å². The Kier molecular flexibility index (Phi) is 3.82. The van der Waals surface area contributed by atoms with Gasteiger partial charge in [-0.2, -0.15) is 5.10 Å². The molecular formula is C11H13N3O4S2. The summed E-state index contributed by atoms with van der Waals surface area (Å²) >= 11 is 0.866. The average Bonchev–Trinajstić information content (AvgIpc) is 2.95. The Morgan fingerprint density at radius 2 is 2.25 bits per heavy atom. The standard InChI is InChI=1S/C11H13N3O4S2/c1-3-8-9(5-14(2)12-8)13-20(17,18)10-4-7(6-19-10)11(15)16/h4-6,13H,3H2,1-2H3,(H,15,16). The molecule has 0 aliphatic rings. The maximum Gasteiger partial charge on any atom is 0.336 e. The van der Waals surface area contributed by atoms with Gasteiger partial charge >= 0.3 is 5.97 Å². The molecule has 2 heterocycles. The Hall–Kier alpha value is -1.87. The van der Waals surface area contributed by atoms with Crippen molar-refractivity contribution in [3.05, 3.63) is 28.9 Å². The quantitative estimate of drug-likeness (QED) is 0.871. The number of sulfonamides is 1. The molecule has 0 aliphatic carbocycles. The molecule has 2 aromatic heterocycles. The third kappa shape index (κ3) is 2.83. The van der Waals surface area contributed by atoms with Gasteiger partial charge in [0.15, 0.2) is 0 Å². The SMILES string of the molecule is CCc1nn(C)cc1NS(=O)(=O)c1cc(C(=O)O)cs1. The molecular weight excluding hydrogens is 302 g/mol. The highest BCUT2D eigenvalue weighted by Crippen LogP contribution is 2.24. The van der Waals surface area contributed by atoms with Crippen molar-refractivity contribution in [1.29, 1.82) is 0 Å². The summed E-state index contributed by atoms with van der Waals surface area (Å²) in [5, 5.41) is 14.2. The first-order chi connectivity index (χ1) is 9.33. The summed E-state index contributed by atoms with van der Waals surface area (Å²) in [5.41, 5.74) is 0.989. The summed E-state index contributed by atoms with van der Waals surface area (Å²) in [6.07, 6.45) is 2.16. The van der Waals surface area contributed by atoms with Crippen LogP contribution in [0.15, 0.2) is 21.9 Å². The number of aryl methyl sites for hydroxylation is 2. The first kappa shape index (κ1) is 14.5. The van der Waals surface area contributed by atoms with Gasteiger partial charge in [0.05, 0.1) is 16.9 Å². The van der Waals surface area contributed by atoms with Crippen molar-refractivity contribution in [2.24, 2.45) is 7.05 Å². The van der Waals surface area contributed by atoms with Crippen LogP contribution < -0.4 is 4.72 Å². The van der Waals surface area contributed by atoms with Crippen LogP contribution in [0.3, 0.4) is 0 Å². The minimum atomic E-state index is -3.79. The number of aromatic carboxylic acids is 1. The van der Waals surface area contributed by atoms with E-state index in [-0.39, 0.29) is 9.77 Å². The number of carboxylic acids is 1. The second kappa shape index (κ2) is 5.25. The molecule has 9 heteroatoms. The van der Waals surface area contributed by atoms with Crippen molar-refractivity contribution in [1.82, 2.24) is 9.78 Å². The van der Waals surface area contributed by atoms with Crippen LogP contribution in [0.5, 0.6) is 0 Å². The Bertz CT molecular complexity index is 746. The molecule has 7 nitrogen and oxygen atoms in total. The summed E-state index contributed by atoms with van der Waals surface area (Å²) in [7, 11) is -2.09. The third-order valence-corrected chi connectivity index (χ3v) is 5.38. The fourth-order valence-electron chi connectivity index (χ4n) is 1.65. The maximum absolute atomic E-state index is 12.2. The van der Waals surface area contributed by atoms with Crippen molar-refractivity contribution >= 4 is 33.0 Å². The van der Waals surface area contributed by atoms with Crippen LogP contribution >= 0.6 is 11.3 Å². The zero-order chi connectivity index (χ0) is 14.9. The maximum atomic E-state index is 12.2. The van der Waals surface area contributed by atoms with E-state index in [9.17, 15) is 13.2 Å².